The van der Waals surface area contributed by atoms with Crippen molar-refractivity contribution in [1.29, 1.82) is 0 Å². The van der Waals surface area contributed by atoms with Crippen LogP contribution in [-0.4, -0.2) is 12.4 Å². The molecule has 0 fully saturated rings. The summed E-state index contributed by atoms with van der Waals surface area (Å²) in [5, 5.41) is 4.26. The van der Waals surface area contributed by atoms with Crippen molar-refractivity contribution in [2.24, 2.45) is 9.98 Å². The van der Waals surface area contributed by atoms with Crippen LogP contribution in [-0.2, 0) is 0 Å². The summed E-state index contributed by atoms with van der Waals surface area (Å²) in [6.45, 7) is 0. The van der Waals surface area contributed by atoms with Crippen LogP contribution in [0.3, 0.4) is 0 Å². The Hall–Kier alpha value is -5.00. The Balaban J connectivity index is 0.887. The average molecular weight is 792 g/mol. The van der Waals surface area contributed by atoms with Gasteiger partial charge in [0.2, 0.25) is 0 Å². The predicted molar refractivity (Wildman–Crippen MR) is 238 cm³/mol. The van der Waals surface area contributed by atoms with Gasteiger partial charge in [0.25, 0.3) is 0 Å². The zero-order chi connectivity index (χ0) is 35.4. The topological polar surface area (TPSA) is 28.0 Å². The average Bonchev–Trinajstić information content (AvgIpc) is 4.04. The summed E-state index contributed by atoms with van der Waals surface area (Å²) < 4.78 is 0. The van der Waals surface area contributed by atoms with Gasteiger partial charge in [-0.1, -0.05) is 30.3 Å². The fraction of sp³-hybridized carbons (Fsp3) is 0. The zero-order valence-electron chi connectivity index (χ0n) is 28.0. The minimum atomic E-state index is 0.913. The van der Waals surface area contributed by atoms with E-state index in [1.54, 1.807) is 45.3 Å². The summed E-state index contributed by atoms with van der Waals surface area (Å²) in [7, 11) is 0. The number of rotatable bonds is 11. The fourth-order valence-corrected chi connectivity index (χ4v) is 11.5. The Bertz CT molecular complexity index is 2440. The standard InChI is InChI=1S/C44H29N3S6/c1-2-6-32(7-3-1)47(33-14-10-30(11-15-33)45-28-35-18-20-41(50-35)43-24-22-39(52-43)37-8-4-26-48-37)34-16-12-31(13-17-34)46-29-36-19-21-42(51-36)44-25-23-40(53-44)38-9-5-27-49-38/h1-29H. The van der Waals surface area contributed by atoms with E-state index in [0.717, 1.165) is 38.2 Å². The predicted octanol–water partition coefficient (Wildman–Crippen LogP) is 15.7. The Morgan fingerprint density at radius 1 is 0.340 bits per heavy atom. The number of hydrogen-bond donors (Lipinski definition) is 0. The number of para-hydroxylation sites is 1. The largest absolute Gasteiger partial charge is 0.311 e. The van der Waals surface area contributed by atoms with Crippen LogP contribution in [0.2, 0.25) is 0 Å². The first-order chi connectivity index (χ1) is 26.2. The van der Waals surface area contributed by atoms with Gasteiger partial charge < -0.3 is 4.90 Å². The van der Waals surface area contributed by atoms with Gasteiger partial charge in [-0.25, -0.2) is 0 Å². The second-order valence-electron chi connectivity index (χ2n) is 11.9. The number of aliphatic imine (C=N–C) groups is 2. The number of hydrogen-bond acceptors (Lipinski definition) is 9. The summed E-state index contributed by atoms with van der Waals surface area (Å²) in [6, 6.07) is 53.5. The molecule has 0 saturated carbocycles. The molecule has 3 nitrogen and oxygen atoms in total. The molecule has 0 amide bonds. The molecule has 0 atom stereocenters. The van der Waals surface area contributed by atoms with E-state index in [4.69, 9.17) is 9.98 Å². The highest BCUT2D eigenvalue weighted by atomic mass is 32.1. The first kappa shape index (κ1) is 33.8. The molecule has 0 N–H and O–H groups in total. The van der Waals surface area contributed by atoms with Crippen molar-refractivity contribution in [3.8, 4) is 39.0 Å². The quantitative estimate of drug-likeness (QED) is 0.120. The van der Waals surface area contributed by atoms with Gasteiger partial charge in [0, 0.05) is 78.3 Å². The summed E-state index contributed by atoms with van der Waals surface area (Å²) in [5.41, 5.74) is 5.04. The second-order valence-corrected chi connectivity index (χ2v) is 18.2. The van der Waals surface area contributed by atoms with E-state index < -0.39 is 0 Å². The van der Waals surface area contributed by atoms with E-state index in [2.05, 4.69) is 161 Å². The molecule has 3 aromatic carbocycles. The normalized spacial score (nSPS) is 11.6. The molecule has 9 rings (SSSR count). The number of anilines is 3. The maximum absolute atomic E-state index is 4.82. The molecule has 53 heavy (non-hydrogen) atoms. The zero-order valence-corrected chi connectivity index (χ0v) is 32.9. The first-order valence-corrected chi connectivity index (χ1v) is 21.9. The maximum Gasteiger partial charge on any atom is 0.0631 e. The van der Waals surface area contributed by atoms with Gasteiger partial charge in [-0.15, -0.1) is 68.0 Å². The van der Waals surface area contributed by atoms with E-state index in [9.17, 15) is 0 Å². The summed E-state index contributed by atoms with van der Waals surface area (Å²) in [5.74, 6) is 0. The van der Waals surface area contributed by atoms with E-state index in [1.165, 1.54) is 39.0 Å². The molecular formula is C44H29N3S6. The van der Waals surface area contributed by atoms with Crippen molar-refractivity contribution in [3.63, 3.8) is 0 Å². The molecule has 6 heterocycles. The smallest absolute Gasteiger partial charge is 0.0631 e. The number of benzene rings is 3. The van der Waals surface area contributed by atoms with E-state index in [-0.39, 0.29) is 0 Å². The molecule has 0 aliphatic rings. The van der Waals surface area contributed by atoms with Crippen LogP contribution in [0.15, 0.2) is 172 Å². The molecule has 0 aliphatic heterocycles. The van der Waals surface area contributed by atoms with Crippen molar-refractivity contribution in [2.45, 2.75) is 0 Å². The van der Waals surface area contributed by atoms with Crippen LogP contribution in [0.5, 0.6) is 0 Å². The molecule has 6 aromatic heterocycles. The van der Waals surface area contributed by atoms with Crippen LogP contribution in [0.25, 0.3) is 39.0 Å². The van der Waals surface area contributed by atoms with Crippen LogP contribution in [0, 0.1) is 0 Å². The van der Waals surface area contributed by atoms with Gasteiger partial charge in [-0.3, -0.25) is 9.98 Å². The summed E-state index contributed by atoms with van der Waals surface area (Å²) in [4.78, 5) is 24.5. The van der Waals surface area contributed by atoms with Crippen molar-refractivity contribution >= 4 is 109 Å². The molecule has 0 aliphatic carbocycles. The molecular weight excluding hydrogens is 763 g/mol. The molecule has 0 bridgehead atoms. The fourth-order valence-electron chi connectivity index (χ4n) is 5.83. The van der Waals surface area contributed by atoms with Gasteiger partial charge in [0.15, 0.2) is 0 Å². The highest BCUT2D eigenvalue weighted by Crippen LogP contribution is 2.41. The van der Waals surface area contributed by atoms with Gasteiger partial charge in [0.1, 0.15) is 0 Å². The molecule has 256 valence electrons. The highest BCUT2D eigenvalue weighted by molar-refractivity contribution is 7.27. The summed E-state index contributed by atoms with van der Waals surface area (Å²) >= 11 is 10.8. The summed E-state index contributed by atoms with van der Waals surface area (Å²) in [6.07, 6.45) is 3.93. The van der Waals surface area contributed by atoms with Gasteiger partial charge >= 0.3 is 0 Å². The Morgan fingerprint density at radius 2 is 0.736 bits per heavy atom. The van der Waals surface area contributed by atoms with Crippen molar-refractivity contribution in [3.05, 3.63) is 172 Å². The third-order valence-corrected chi connectivity index (χ3v) is 15.1. The molecule has 9 heteroatoms. The SMILES string of the molecule is C(=Nc1ccc(N(c2ccccc2)c2ccc(N=Cc3ccc(-c4ccc(-c5cccs5)s4)s3)cc2)cc1)c1ccc(-c2ccc(-c3cccs3)s2)s1. The third-order valence-electron chi connectivity index (χ3n) is 8.39. The third kappa shape index (κ3) is 7.72. The van der Waals surface area contributed by atoms with Gasteiger partial charge in [0.05, 0.1) is 11.4 Å². The molecule has 9 aromatic rings. The lowest BCUT2D eigenvalue weighted by atomic mass is 10.1. The first-order valence-electron chi connectivity index (χ1n) is 16.8. The molecule has 0 saturated heterocycles. The molecule has 0 spiro atoms. The lowest BCUT2D eigenvalue weighted by Gasteiger charge is -2.25. The minimum absolute atomic E-state index is 0.913. The Labute approximate surface area is 332 Å². The van der Waals surface area contributed by atoms with Crippen molar-refractivity contribution in [1.82, 2.24) is 0 Å². The lowest BCUT2D eigenvalue weighted by Crippen LogP contribution is -2.09. The molecule has 0 unspecified atom stereocenters. The lowest BCUT2D eigenvalue weighted by molar-refractivity contribution is 1.28. The maximum atomic E-state index is 4.82. The Kier molecular flexibility index (Phi) is 9.91. The van der Waals surface area contributed by atoms with Crippen LogP contribution >= 0.6 is 68.0 Å². The van der Waals surface area contributed by atoms with Crippen molar-refractivity contribution in [2.75, 3.05) is 4.90 Å². The van der Waals surface area contributed by atoms with Crippen LogP contribution in [0.1, 0.15) is 9.75 Å². The molecule has 0 radical (unpaired) electrons. The van der Waals surface area contributed by atoms with Crippen molar-refractivity contribution < 1.29 is 0 Å². The minimum Gasteiger partial charge on any atom is -0.311 e. The van der Waals surface area contributed by atoms with Crippen LogP contribution < -0.4 is 4.90 Å². The number of nitrogens with zero attached hydrogens (tertiary/aromatic N) is 3. The van der Waals surface area contributed by atoms with Gasteiger partial charge in [-0.05, 0) is 132 Å². The van der Waals surface area contributed by atoms with E-state index in [0.29, 0.717) is 0 Å². The van der Waals surface area contributed by atoms with Gasteiger partial charge in [-0.2, -0.15) is 0 Å². The van der Waals surface area contributed by atoms with E-state index in [1.807, 2.05) is 41.2 Å². The Morgan fingerprint density at radius 3 is 1.17 bits per heavy atom. The second kappa shape index (κ2) is 15.5. The van der Waals surface area contributed by atoms with Crippen LogP contribution in [0.4, 0.5) is 28.4 Å². The van der Waals surface area contributed by atoms with E-state index >= 15 is 0 Å². The monoisotopic (exact) mass is 791 g/mol. The highest BCUT2D eigenvalue weighted by Gasteiger charge is 2.13. The number of thiophene rings is 6.